The summed E-state index contributed by atoms with van der Waals surface area (Å²) in [5.41, 5.74) is 5.58. The highest BCUT2D eigenvalue weighted by Gasteiger charge is 2.29. The first-order chi connectivity index (χ1) is 16.2. The molecule has 0 saturated carbocycles. The molecule has 5 nitrogen and oxygen atoms in total. The number of piperidine rings is 1. The lowest BCUT2D eigenvalue weighted by molar-refractivity contribution is -0.122. The van der Waals surface area contributed by atoms with Crippen molar-refractivity contribution in [2.75, 3.05) is 11.6 Å². The zero-order chi connectivity index (χ0) is 25.3. The molecule has 34 heavy (non-hydrogen) atoms. The molecule has 0 aromatic heterocycles. The van der Waals surface area contributed by atoms with Gasteiger partial charge in [0.05, 0.1) is 10.7 Å². The van der Waals surface area contributed by atoms with Gasteiger partial charge in [0.25, 0.3) is 5.91 Å². The fraction of sp³-hybridized carbons (Fsp3) is 0.462. The van der Waals surface area contributed by atoms with Crippen molar-refractivity contribution >= 4 is 52.1 Å². The van der Waals surface area contributed by atoms with Crippen molar-refractivity contribution < 1.29 is 4.79 Å². The van der Waals surface area contributed by atoms with E-state index in [0.717, 1.165) is 23.6 Å². The summed E-state index contributed by atoms with van der Waals surface area (Å²) in [5, 5.41) is 10.2. The molecular weight excluding hydrogens is 491 g/mol. The highest BCUT2D eigenvalue weighted by atomic mass is 35.5. The summed E-state index contributed by atoms with van der Waals surface area (Å²) in [4.78, 5) is 12.6. The third-order valence-electron chi connectivity index (χ3n) is 5.69. The third kappa shape index (κ3) is 8.16. The quantitative estimate of drug-likeness (QED) is 0.450. The van der Waals surface area contributed by atoms with Crippen LogP contribution in [0.5, 0.6) is 0 Å². The van der Waals surface area contributed by atoms with E-state index >= 15 is 0 Å². The fourth-order valence-corrected chi connectivity index (χ4v) is 4.47. The third-order valence-corrected chi connectivity index (χ3v) is 6.48. The van der Waals surface area contributed by atoms with E-state index in [2.05, 4.69) is 29.4 Å². The smallest absolute Gasteiger partial charge is 0.281 e. The van der Waals surface area contributed by atoms with Gasteiger partial charge in [-0.1, -0.05) is 72.8 Å². The summed E-state index contributed by atoms with van der Waals surface area (Å²) < 4.78 is 0. The Bertz CT molecular complexity index is 934. The van der Waals surface area contributed by atoms with Crippen molar-refractivity contribution in [3.63, 3.8) is 0 Å². The van der Waals surface area contributed by atoms with Gasteiger partial charge < -0.3 is 0 Å². The lowest BCUT2D eigenvalue weighted by Gasteiger charge is -2.38. The van der Waals surface area contributed by atoms with Gasteiger partial charge in [-0.05, 0) is 63.9 Å². The number of rotatable bonds is 3. The normalized spacial score (nSPS) is 19.9. The first-order valence-electron chi connectivity index (χ1n) is 11.9. The number of nitrogens with zero attached hydrogens (tertiary/aromatic N) is 3. The molecule has 0 bridgehead atoms. The van der Waals surface area contributed by atoms with E-state index in [-0.39, 0.29) is 5.91 Å². The molecule has 1 amide bonds. The number of carbonyl (C=O) groups excluding carboxylic acids is 1. The predicted molar refractivity (Wildman–Crippen MR) is 146 cm³/mol. The molecular formula is C26H35Cl3N4O. The van der Waals surface area contributed by atoms with Crippen LogP contribution in [-0.2, 0) is 4.79 Å². The Morgan fingerprint density at radius 1 is 0.971 bits per heavy atom. The van der Waals surface area contributed by atoms with Crippen LogP contribution in [0.3, 0.4) is 0 Å². The second-order valence-corrected chi connectivity index (χ2v) is 9.57. The van der Waals surface area contributed by atoms with Crippen LogP contribution in [0.1, 0.15) is 58.9 Å². The van der Waals surface area contributed by atoms with Crippen molar-refractivity contribution in [1.29, 1.82) is 0 Å². The molecule has 0 aliphatic carbocycles. The van der Waals surface area contributed by atoms with Crippen molar-refractivity contribution in [3.05, 3.63) is 63.1 Å². The number of hydrogen-bond acceptors (Lipinski definition) is 4. The lowest BCUT2D eigenvalue weighted by Crippen LogP contribution is -2.55. The maximum atomic E-state index is 12.6. The Labute approximate surface area is 219 Å². The van der Waals surface area contributed by atoms with Gasteiger partial charge in [0.1, 0.15) is 5.71 Å². The van der Waals surface area contributed by atoms with Gasteiger partial charge in [-0.25, -0.2) is 5.01 Å². The van der Waals surface area contributed by atoms with Crippen LogP contribution in [0.4, 0.5) is 5.69 Å². The minimum atomic E-state index is -0.122. The van der Waals surface area contributed by atoms with Gasteiger partial charge in [0.15, 0.2) is 0 Å². The second kappa shape index (κ2) is 13.9. The van der Waals surface area contributed by atoms with Gasteiger partial charge in [0, 0.05) is 35.1 Å². The molecule has 4 rings (SSSR count). The van der Waals surface area contributed by atoms with E-state index in [1.54, 1.807) is 17.1 Å². The van der Waals surface area contributed by atoms with E-state index in [1.165, 1.54) is 12.0 Å². The molecule has 0 spiro atoms. The molecule has 8 heteroatoms. The van der Waals surface area contributed by atoms with Gasteiger partial charge >= 0.3 is 0 Å². The average Bonchev–Trinajstić information content (AvgIpc) is 3.30. The SMILES string of the molecule is CC.C[C@@H]1CCC[C@@H](C)N1NC(=O)C1=NN(c2ccc(Cl)cc2Cl)CC1.Cc1ccc(Cl)cc1. The van der Waals surface area contributed by atoms with Crippen LogP contribution in [0.15, 0.2) is 47.6 Å². The van der Waals surface area contributed by atoms with E-state index in [9.17, 15) is 4.79 Å². The Morgan fingerprint density at radius 3 is 2.12 bits per heavy atom. The van der Waals surface area contributed by atoms with Crippen LogP contribution in [0.25, 0.3) is 0 Å². The molecule has 2 atom stereocenters. The minimum Gasteiger partial charge on any atom is -0.283 e. The minimum absolute atomic E-state index is 0.122. The zero-order valence-corrected chi connectivity index (χ0v) is 22.9. The molecule has 2 aromatic carbocycles. The van der Waals surface area contributed by atoms with E-state index in [0.29, 0.717) is 40.8 Å². The predicted octanol–water partition coefficient (Wildman–Crippen LogP) is 7.53. The van der Waals surface area contributed by atoms with E-state index < -0.39 is 0 Å². The molecule has 2 aliphatic rings. The number of halogens is 3. The molecule has 2 aromatic rings. The molecule has 1 N–H and O–H groups in total. The number of hydrogen-bond donors (Lipinski definition) is 1. The van der Waals surface area contributed by atoms with E-state index in [1.807, 2.05) is 51.1 Å². The summed E-state index contributed by atoms with van der Waals surface area (Å²) >= 11 is 17.8. The summed E-state index contributed by atoms with van der Waals surface area (Å²) in [6, 6.07) is 13.7. The first kappa shape index (κ1) is 28.4. The van der Waals surface area contributed by atoms with Crippen LogP contribution in [0.2, 0.25) is 15.1 Å². The molecule has 0 radical (unpaired) electrons. The monoisotopic (exact) mass is 524 g/mol. The molecule has 2 heterocycles. The number of aryl methyl sites for hydroxylation is 1. The Kier molecular flexibility index (Phi) is 11.7. The Balaban J connectivity index is 0.000000343. The molecule has 0 unspecified atom stereocenters. The number of benzene rings is 2. The number of hydrazone groups is 1. The number of amides is 1. The topological polar surface area (TPSA) is 47.9 Å². The highest BCUT2D eigenvalue weighted by molar-refractivity contribution is 6.40. The van der Waals surface area contributed by atoms with Crippen LogP contribution in [-0.4, -0.2) is 35.3 Å². The molecule has 2 aliphatic heterocycles. The number of nitrogens with one attached hydrogen (secondary N) is 1. The highest BCUT2D eigenvalue weighted by Crippen LogP contribution is 2.31. The average molecular weight is 526 g/mol. The summed E-state index contributed by atoms with van der Waals surface area (Å²) in [5.74, 6) is -0.122. The van der Waals surface area contributed by atoms with Gasteiger partial charge in [0.2, 0.25) is 0 Å². The van der Waals surface area contributed by atoms with Crippen molar-refractivity contribution in [2.24, 2.45) is 5.10 Å². The number of carbonyl (C=O) groups is 1. The standard InChI is InChI=1S/C17H22Cl2N4O.C7H7Cl.C2H6/c1-11-4-3-5-12(2)23(11)21-17(24)15-8-9-22(20-15)16-7-6-13(18)10-14(16)19;1-6-2-4-7(8)5-3-6;1-2/h6-7,10-12H,3-5,8-9H2,1-2H3,(H,21,24);2-5H,1H3;1-2H3/t11-,12-;;/m1../s1. The van der Waals surface area contributed by atoms with E-state index in [4.69, 9.17) is 34.8 Å². The van der Waals surface area contributed by atoms with Gasteiger partial charge in [-0.2, -0.15) is 5.10 Å². The fourth-order valence-electron chi connectivity index (χ4n) is 3.84. The maximum absolute atomic E-state index is 12.6. The van der Waals surface area contributed by atoms with Crippen LogP contribution < -0.4 is 10.4 Å². The van der Waals surface area contributed by atoms with Crippen molar-refractivity contribution in [1.82, 2.24) is 10.4 Å². The second-order valence-electron chi connectivity index (χ2n) is 8.29. The first-order valence-corrected chi connectivity index (χ1v) is 13.0. The molecule has 1 saturated heterocycles. The number of hydrazine groups is 1. The zero-order valence-electron chi connectivity index (χ0n) is 20.6. The van der Waals surface area contributed by atoms with Gasteiger partial charge in [-0.15, -0.1) is 0 Å². The molecule has 1 fully saturated rings. The van der Waals surface area contributed by atoms with Crippen LogP contribution in [0, 0.1) is 6.92 Å². The lowest BCUT2D eigenvalue weighted by atomic mass is 10.00. The van der Waals surface area contributed by atoms with Gasteiger partial charge in [-0.3, -0.25) is 15.2 Å². The Hall–Kier alpha value is -1.79. The largest absolute Gasteiger partial charge is 0.283 e. The summed E-state index contributed by atoms with van der Waals surface area (Å²) in [6.45, 7) is 11.0. The number of anilines is 1. The summed E-state index contributed by atoms with van der Waals surface area (Å²) in [6.07, 6.45) is 4.01. The molecule has 186 valence electrons. The maximum Gasteiger partial charge on any atom is 0.281 e. The van der Waals surface area contributed by atoms with Crippen molar-refractivity contribution in [3.8, 4) is 0 Å². The summed E-state index contributed by atoms with van der Waals surface area (Å²) in [7, 11) is 0. The van der Waals surface area contributed by atoms with Crippen molar-refractivity contribution in [2.45, 2.75) is 72.4 Å². The van der Waals surface area contributed by atoms with Crippen LogP contribution >= 0.6 is 34.8 Å². The Morgan fingerprint density at radius 2 is 1.56 bits per heavy atom.